The molecule has 5 amide bonds. The van der Waals surface area contributed by atoms with Gasteiger partial charge in [0.05, 0.1) is 6.10 Å². The molecule has 1 aliphatic heterocycles. The Morgan fingerprint density at radius 1 is 0.930 bits per heavy atom. The summed E-state index contributed by atoms with van der Waals surface area (Å²) in [6, 6.07) is 3.74. The fourth-order valence-electron chi connectivity index (χ4n) is 4.49. The molecule has 0 radical (unpaired) electrons. The molecule has 6 atom stereocenters. The van der Waals surface area contributed by atoms with E-state index >= 15 is 0 Å². The molecular weight excluding hydrogens is 590 g/mol. The van der Waals surface area contributed by atoms with Crippen LogP contribution in [0.15, 0.2) is 24.3 Å². The molecule has 0 fully saturated rings. The number of amides is 5. The summed E-state index contributed by atoms with van der Waals surface area (Å²) < 4.78 is 0. The highest BCUT2D eigenvalue weighted by Gasteiger charge is 2.34. The van der Waals surface area contributed by atoms with Crippen molar-refractivity contribution < 1.29 is 29.1 Å². The Labute approximate surface area is 263 Å². The third kappa shape index (κ3) is 12.4. The lowest BCUT2D eigenvalue weighted by molar-refractivity contribution is -0.136. The van der Waals surface area contributed by atoms with Crippen LogP contribution in [-0.4, -0.2) is 76.4 Å². The van der Waals surface area contributed by atoms with Gasteiger partial charge in [0, 0.05) is 29.4 Å². The maximum absolute atomic E-state index is 13.5. The maximum atomic E-state index is 13.5. The Kier molecular flexibility index (Phi) is 15.4. The number of nitrogens with one attached hydrogen (secondary N) is 4. The van der Waals surface area contributed by atoms with Crippen LogP contribution in [0.5, 0.6) is 0 Å². The van der Waals surface area contributed by atoms with E-state index in [1.807, 2.05) is 45.9 Å². The maximum Gasteiger partial charge on any atom is 0.245 e. The summed E-state index contributed by atoms with van der Waals surface area (Å²) >= 11 is 3.03. The molecule has 0 aromatic heterocycles. The first-order chi connectivity index (χ1) is 20.3. The molecule has 1 aliphatic rings. The zero-order valence-electron chi connectivity index (χ0n) is 25.7. The van der Waals surface area contributed by atoms with E-state index in [9.17, 15) is 29.1 Å². The molecule has 0 unspecified atom stereocenters. The van der Waals surface area contributed by atoms with Crippen LogP contribution >= 0.6 is 23.5 Å². The highest BCUT2D eigenvalue weighted by molar-refractivity contribution is 7.98. The topological polar surface area (TPSA) is 180 Å². The number of hydrogen-bond acceptors (Lipinski definition) is 8. The minimum absolute atomic E-state index is 0.00191. The molecule has 2 rings (SSSR count). The van der Waals surface area contributed by atoms with Gasteiger partial charge in [0.1, 0.15) is 24.2 Å². The highest BCUT2D eigenvalue weighted by Crippen LogP contribution is 2.19. The number of aliphatic hydroxyl groups excluding tert-OH is 1. The molecule has 1 heterocycles. The second kappa shape index (κ2) is 18.1. The average molecular weight is 638 g/mol. The van der Waals surface area contributed by atoms with Crippen LogP contribution in [0.2, 0.25) is 0 Å². The monoisotopic (exact) mass is 637 g/mol. The Balaban J connectivity index is 2.39. The van der Waals surface area contributed by atoms with Crippen LogP contribution in [0.25, 0.3) is 0 Å². The second-order valence-electron chi connectivity index (χ2n) is 11.4. The fraction of sp³-hybridized carbons (Fsp3) is 0.633. The van der Waals surface area contributed by atoms with Crippen molar-refractivity contribution in [1.29, 1.82) is 0 Å². The van der Waals surface area contributed by atoms with Crippen LogP contribution in [0, 0.1) is 11.8 Å². The van der Waals surface area contributed by atoms with Crippen molar-refractivity contribution >= 4 is 53.1 Å². The van der Waals surface area contributed by atoms with Crippen molar-refractivity contribution in [3.63, 3.8) is 0 Å². The Bertz CT molecular complexity index is 1120. The minimum Gasteiger partial charge on any atom is -0.391 e. The van der Waals surface area contributed by atoms with Gasteiger partial charge in [-0.1, -0.05) is 58.4 Å². The second-order valence-corrected chi connectivity index (χ2v) is 13.6. The molecule has 240 valence electrons. The van der Waals surface area contributed by atoms with E-state index in [2.05, 4.69) is 27.3 Å². The number of thioether (sulfide) groups is 2. The van der Waals surface area contributed by atoms with E-state index in [1.54, 1.807) is 11.8 Å². The summed E-state index contributed by atoms with van der Waals surface area (Å²) in [6.07, 6.45) is -0.257. The number of hydrogen-bond donors (Lipinski definition) is 6. The van der Waals surface area contributed by atoms with Gasteiger partial charge in [0.15, 0.2) is 0 Å². The van der Waals surface area contributed by atoms with Crippen molar-refractivity contribution in [3.8, 4) is 0 Å². The molecule has 1 aromatic carbocycles. The van der Waals surface area contributed by atoms with Gasteiger partial charge in [-0.25, -0.2) is 0 Å². The summed E-state index contributed by atoms with van der Waals surface area (Å²) in [6.45, 7) is 8.85. The molecule has 11 nitrogen and oxygen atoms in total. The fourth-order valence-corrected chi connectivity index (χ4v) is 6.39. The summed E-state index contributed by atoms with van der Waals surface area (Å²) in [5.41, 5.74) is 7.76. The van der Waals surface area contributed by atoms with Gasteiger partial charge < -0.3 is 32.1 Å². The first kappa shape index (κ1) is 36.4. The Morgan fingerprint density at radius 2 is 1.56 bits per heavy atom. The molecule has 0 saturated heterocycles. The standard InChI is InChI=1S/C30H47N5O6S2/c1-6-18(4)25-29(40)33-23(27(31)38)16-43-15-21-9-7-8-20(13-21)14-42-11-10-24(37)34-26(19(5)36)30(41)32-22(12-17(2)3)28(39)35-25/h7-9,13,17-19,22-23,25-26,36H,6,10-12,14-16H2,1-5H3,(H2,31,38)(H,32,41)(H,33,40)(H,34,37)(H,35,39)/t18-,19+,22-,23-,25-,26-/m0/s1. The van der Waals surface area contributed by atoms with Gasteiger partial charge in [-0.05, 0) is 36.3 Å². The normalized spacial score (nSPS) is 25.2. The van der Waals surface area contributed by atoms with Crippen molar-refractivity contribution in [1.82, 2.24) is 21.3 Å². The Morgan fingerprint density at radius 3 is 2.14 bits per heavy atom. The molecule has 43 heavy (non-hydrogen) atoms. The third-order valence-electron chi connectivity index (χ3n) is 7.16. The SMILES string of the molecule is CC[C@H](C)[C@@H]1NC(=O)[C@H](CC(C)C)NC(=O)[C@H]([C@@H](C)O)NC(=O)CCSCc2cccc(c2)CSC[C@@H](C(N)=O)NC1=O. The van der Waals surface area contributed by atoms with Crippen LogP contribution in [0.4, 0.5) is 0 Å². The molecule has 2 bridgehead atoms. The molecule has 0 aliphatic carbocycles. The zero-order chi connectivity index (χ0) is 32.1. The predicted octanol–water partition coefficient (Wildman–Crippen LogP) is 1.45. The van der Waals surface area contributed by atoms with E-state index in [-0.39, 0.29) is 36.3 Å². The Hall–Kier alpha value is -2.77. The number of rotatable bonds is 6. The van der Waals surface area contributed by atoms with Crippen LogP contribution in [0.3, 0.4) is 0 Å². The summed E-state index contributed by atoms with van der Waals surface area (Å²) in [7, 11) is 0. The van der Waals surface area contributed by atoms with Gasteiger partial charge in [0.2, 0.25) is 29.5 Å². The van der Waals surface area contributed by atoms with E-state index < -0.39 is 53.9 Å². The number of benzene rings is 1. The van der Waals surface area contributed by atoms with Crippen LogP contribution < -0.4 is 27.0 Å². The third-order valence-corrected chi connectivity index (χ3v) is 9.30. The molecular formula is C30H47N5O6S2. The lowest BCUT2D eigenvalue weighted by Gasteiger charge is -2.29. The van der Waals surface area contributed by atoms with Gasteiger partial charge in [0.25, 0.3) is 0 Å². The lowest BCUT2D eigenvalue weighted by atomic mass is 9.96. The van der Waals surface area contributed by atoms with Gasteiger partial charge in [-0.2, -0.15) is 23.5 Å². The van der Waals surface area contributed by atoms with E-state index in [1.165, 1.54) is 18.7 Å². The van der Waals surface area contributed by atoms with E-state index in [4.69, 9.17) is 5.73 Å². The summed E-state index contributed by atoms with van der Waals surface area (Å²) in [5.74, 6) is -1.15. The largest absolute Gasteiger partial charge is 0.391 e. The minimum atomic E-state index is -1.27. The smallest absolute Gasteiger partial charge is 0.245 e. The molecule has 0 saturated carbocycles. The number of nitrogens with two attached hydrogens (primary N) is 1. The van der Waals surface area contributed by atoms with Crippen molar-refractivity contribution in [3.05, 3.63) is 35.4 Å². The van der Waals surface area contributed by atoms with E-state index in [0.717, 1.165) is 11.1 Å². The molecule has 0 spiro atoms. The number of aliphatic hydroxyl groups is 1. The number of carbonyl (C=O) groups is 5. The number of fused-ring (bicyclic) bond motifs is 2. The van der Waals surface area contributed by atoms with Crippen molar-refractivity contribution in [2.45, 2.75) is 95.7 Å². The van der Waals surface area contributed by atoms with Gasteiger partial charge >= 0.3 is 0 Å². The zero-order valence-corrected chi connectivity index (χ0v) is 27.3. The van der Waals surface area contributed by atoms with Gasteiger partial charge in [-0.15, -0.1) is 0 Å². The van der Waals surface area contributed by atoms with Gasteiger partial charge in [-0.3, -0.25) is 24.0 Å². The summed E-state index contributed by atoms with van der Waals surface area (Å²) in [5, 5.41) is 21.1. The first-order valence-corrected chi connectivity index (χ1v) is 17.0. The predicted molar refractivity (Wildman–Crippen MR) is 171 cm³/mol. The molecule has 7 N–H and O–H groups in total. The van der Waals surface area contributed by atoms with Crippen LogP contribution in [-0.2, 0) is 35.5 Å². The van der Waals surface area contributed by atoms with Crippen molar-refractivity contribution in [2.75, 3.05) is 11.5 Å². The lowest BCUT2D eigenvalue weighted by Crippen LogP contribution is -2.60. The number of carbonyl (C=O) groups excluding carboxylic acids is 5. The first-order valence-electron chi connectivity index (χ1n) is 14.7. The molecule has 13 heteroatoms. The van der Waals surface area contributed by atoms with Crippen LogP contribution in [0.1, 0.15) is 65.0 Å². The van der Waals surface area contributed by atoms with E-state index in [0.29, 0.717) is 23.7 Å². The number of primary amides is 1. The molecule has 1 aromatic rings. The quantitative estimate of drug-likeness (QED) is 0.271. The summed E-state index contributed by atoms with van der Waals surface area (Å²) in [4.78, 5) is 65.1. The average Bonchev–Trinajstić information content (AvgIpc) is 2.94. The highest BCUT2D eigenvalue weighted by atomic mass is 32.2. The van der Waals surface area contributed by atoms with Crippen molar-refractivity contribution in [2.24, 2.45) is 17.6 Å².